The van der Waals surface area contributed by atoms with Gasteiger partial charge in [-0.15, -0.1) is 0 Å². The van der Waals surface area contributed by atoms with Crippen LogP contribution in [0, 0.1) is 5.82 Å². The molecule has 1 aromatic heterocycles. The van der Waals surface area contributed by atoms with Crippen LogP contribution in [0.4, 0.5) is 4.39 Å². The van der Waals surface area contributed by atoms with Gasteiger partial charge in [-0.2, -0.15) is 0 Å². The molecule has 18 heavy (non-hydrogen) atoms. The summed E-state index contributed by atoms with van der Waals surface area (Å²) in [4.78, 5) is 14.4. The highest BCUT2D eigenvalue weighted by Crippen LogP contribution is 2.25. The molecule has 1 N–H and O–H groups in total. The van der Waals surface area contributed by atoms with Crippen molar-refractivity contribution in [3.63, 3.8) is 0 Å². The van der Waals surface area contributed by atoms with E-state index in [-0.39, 0.29) is 17.3 Å². The first-order chi connectivity index (χ1) is 8.61. The van der Waals surface area contributed by atoms with Crippen molar-refractivity contribution in [1.29, 1.82) is 0 Å². The number of ether oxygens (including phenoxy) is 1. The van der Waals surface area contributed by atoms with Crippen LogP contribution in [0.15, 0.2) is 28.9 Å². The molecule has 94 valence electrons. The second-order valence-electron chi connectivity index (χ2n) is 3.42. The zero-order chi connectivity index (χ0) is 13.1. The minimum absolute atomic E-state index is 0.0503. The summed E-state index contributed by atoms with van der Waals surface area (Å²) in [5.41, 5.74) is 0.128. The van der Waals surface area contributed by atoms with Gasteiger partial charge >= 0.3 is 5.97 Å². The largest absolute Gasteiger partial charge is 0.491 e. The molecule has 5 nitrogen and oxygen atoms in total. The summed E-state index contributed by atoms with van der Waals surface area (Å²) in [5, 5.41) is 8.70. The van der Waals surface area contributed by atoms with Gasteiger partial charge in [0.1, 0.15) is 6.26 Å². The van der Waals surface area contributed by atoms with Crippen molar-refractivity contribution in [3.05, 3.63) is 36.0 Å². The van der Waals surface area contributed by atoms with Crippen LogP contribution in [0.3, 0.4) is 0 Å². The third-order valence-electron chi connectivity index (χ3n) is 2.20. The Bertz CT molecular complexity index is 579. The topological polar surface area (TPSA) is 72.6 Å². The number of hydrogen-bond donors (Lipinski definition) is 1. The fourth-order valence-corrected chi connectivity index (χ4v) is 1.41. The molecule has 0 fully saturated rings. The van der Waals surface area contributed by atoms with Crippen LogP contribution < -0.4 is 4.74 Å². The Morgan fingerprint density at radius 1 is 1.56 bits per heavy atom. The number of hydrogen-bond acceptors (Lipinski definition) is 4. The predicted molar refractivity (Wildman–Crippen MR) is 60.0 cm³/mol. The summed E-state index contributed by atoms with van der Waals surface area (Å²) in [7, 11) is 0. The highest BCUT2D eigenvalue weighted by atomic mass is 19.1. The monoisotopic (exact) mass is 251 g/mol. The zero-order valence-corrected chi connectivity index (χ0v) is 9.51. The summed E-state index contributed by atoms with van der Waals surface area (Å²) >= 11 is 0. The minimum atomic E-state index is -1.20. The Morgan fingerprint density at radius 3 is 2.89 bits per heavy atom. The molecule has 0 saturated heterocycles. The van der Waals surface area contributed by atoms with Crippen LogP contribution in [0.25, 0.3) is 11.5 Å². The summed E-state index contributed by atoms with van der Waals surface area (Å²) < 4.78 is 23.6. The van der Waals surface area contributed by atoms with Gasteiger partial charge in [0.15, 0.2) is 17.3 Å². The lowest BCUT2D eigenvalue weighted by atomic mass is 10.2. The molecule has 1 aromatic carbocycles. The van der Waals surface area contributed by atoms with E-state index in [1.165, 1.54) is 12.1 Å². The smallest absolute Gasteiger partial charge is 0.357 e. The third kappa shape index (κ3) is 2.32. The van der Waals surface area contributed by atoms with Crippen molar-refractivity contribution in [2.24, 2.45) is 0 Å². The van der Waals surface area contributed by atoms with Crippen molar-refractivity contribution in [3.8, 4) is 17.2 Å². The van der Waals surface area contributed by atoms with E-state index in [0.717, 1.165) is 6.26 Å². The number of carbonyl (C=O) groups is 1. The van der Waals surface area contributed by atoms with Crippen molar-refractivity contribution in [2.75, 3.05) is 6.61 Å². The van der Waals surface area contributed by atoms with Crippen molar-refractivity contribution < 1.29 is 23.4 Å². The number of aromatic nitrogens is 1. The van der Waals surface area contributed by atoms with Gasteiger partial charge in [-0.25, -0.2) is 14.2 Å². The number of benzene rings is 1. The van der Waals surface area contributed by atoms with E-state index in [4.69, 9.17) is 14.3 Å². The van der Waals surface area contributed by atoms with Gasteiger partial charge in [0.05, 0.1) is 6.61 Å². The average molecular weight is 251 g/mol. The van der Waals surface area contributed by atoms with Gasteiger partial charge in [-0.3, -0.25) is 0 Å². The highest BCUT2D eigenvalue weighted by Gasteiger charge is 2.13. The van der Waals surface area contributed by atoms with Crippen LogP contribution >= 0.6 is 0 Å². The average Bonchev–Trinajstić information content (AvgIpc) is 2.81. The molecule has 0 amide bonds. The lowest BCUT2D eigenvalue weighted by Crippen LogP contribution is -1.96. The van der Waals surface area contributed by atoms with Gasteiger partial charge in [0, 0.05) is 5.56 Å². The van der Waals surface area contributed by atoms with Crippen molar-refractivity contribution in [2.45, 2.75) is 6.92 Å². The molecular formula is C12H10FNO4. The maximum absolute atomic E-state index is 13.6. The Labute approximate surface area is 102 Å². The Hall–Kier alpha value is -2.37. The molecule has 2 rings (SSSR count). The summed E-state index contributed by atoms with van der Waals surface area (Å²) in [5.74, 6) is -1.57. The number of aromatic carboxylic acids is 1. The molecule has 0 aliphatic carbocycles. The molecule has 0 unspecified atom stereocenters. The maximum atomic E-state index is 13.6. The predicted octanol–water partition coefficient (Wildman–Crippen LogP) is 2.58. The Kier molecular flexibility index (Phi) is 3.27. The lowest BCUT2D eigenvalue weighted by Gasteiger charge is -2.04. The maximum Gasteiger partial charge on any atom is 0.357 e. The number of carboxylic acids is 1. The molecule has 0 radical (unpaired) electrons. The van der Waals surface area contributed by atoms with Crippen LogP contribution in [-0.4, -0.2) is 22.7 Å². The normalized spacial score (nSPS) is 10.3. The highest BCUT2D eigenvalue weighted by molar-refractivity contribution is 5.85. The summed E-state index contributed by atoms with van der Waals surface area (Å²) in [6.07, 6.45) is 1.01. The van der Waals surface area contributed by atoms with E-state index in [1.54, 1.807) is 13.0 Å². The van der Waals surface area contributed by atoms with Crippen molar-refractivity contribution in [1.82, 2.24) is 4.98 Å². The quantitative estimate of drug-likeness (QED) is 0.904. The molecule has 1 heterocycles. The first kappa shape index (κ1) is 12.1. The molecule has 0 aliphatic heterocycles. The fraction of sp³-hybridized carbons (Fsp3) is 0.167. The van der Waals surface area contributed by atoms with E-state index in [1.807, 2.05) is 0 Å². The van der Waals surface area contributed by atoms with Crippen LogP contribution in [0.2, 0.25) is 0 Å². The molecule has 0 spiro atoms. The van der Waals surface area contributed by atoms with E-state index >= 15 is 0 Å². The number of carboxylic acid groups (broad SMARTS) is 1. The minimum Gasteiger partial charge on any atom is -0.491 e. The van der Waals surface area contributed by atoms with E-state index in [0.29, 0.717) is 12.2 Å². The summed E-state index contributed by atoms with van der Waals surface area (Å²) in [6, 6.07) is 4.17. The van der Waals surface area contributed by atoms with Crippen LogP contribution in [0.5, 0.6) is 5.75 Å². The first-order valence-corrected chi connectivity index (χ1v) is 5.23. The van der Waals surface area contributed by atoms with Gasteiger partial charge in [0.2, 0.25) is 5.89 Å². The molecule has 0 saturated carbocycles. The number of halogens is 1. The van der Waals surface area contributed by atoms with E-state index < -0.39 is 11.8 Å². The van der Waals surface area contributed by atoms with Gasteiger partial charge in [0.25, 0.3) is 0 Å². The SMILES string of the molecule is CCOc1ccc(-c2nc(C(=O)O)co2)cc1F. The fourth-order valence-electron chi connectivity index (χ4n) is 1.41. The van der Waals surface area contributed by atoms with Crippen molar-refractivity contribution >= 4 is 5.97 Å². The Balaban J connectivity index is 2.33. The molecule has 0 atom stereocenters. The lowest BCUT2D eigenvalue weighted by molar-refractivity contribution is 0.0690. The van der Waals surface area contributed by atoms with E-state index in [9.17, 15) is 9.18 Å². The number of rotatable bonds is 4. The molecular weight excluding hydrogens is 241 g/mol. The van der Waals surface area contributed by atoms with Crippen LogP contribution in [-0.2, 0) is 0 Å². The van der Waals surface area contributed by atoms with Gasteiger partial charge < -0.3 is 14.3 Å². The molecule has 0 aliphatic rings. The second kappa shape index (κ2) is 4.87. The molecule has 2 aromatic rings. The zero-order valence-electron chi connectivity index (χ0n) is 9.51. The summed E-state index contributed by atoms with van der Waals surface area (Å²) in [6.45, 7) is 2.11. The van der Waals surface area contributed by atoms with Gasteiger partial charge in [-0.05, 0) is 25.1 Å². The second-order valence-corrected chi connectivity index (χ2v) is 3.42. The van der Waals surface area contributed by atoms with Gasteiger partial charge in [-0.1, -0.05) is 0 Å². The number of nitrogens with zero attached hydrogens (tertiary/aromatic N) is 1. The molecule has 6 heteroatoms. The number of oxazole rings is 1. The van der Waals surface area contributed by atoms with E-state index in [2.05, 4.69) is 4.98 Å². The molecule has 0 bridgehead atoms. The Morgan fingerprint density at radius 2 is 2.33 bits per heavy atom. The first-order valence-electron chi connectivity index (χ1n) is 5.23. The third-order valence-corrected chi connectivity index (χ3v) is 2.20. The standard InChI is InChI=1S/C12H10FNO4/c1-2-17-10-4-3-7(5-8(10)13)11-14-9(6-18-11)12(15)16/h3-6H,2H2,1H3,(H,15,16). The van der Waals surface area contributed by atoms with Crippen LogP contribution in [0.1, 0.15) is 17.4 Å².